The van der Waals surface area contributed by atoms with Crippen molar-refractivity contribution in [2.24, 2.45) is 5.92 Å². The normalized spacial score (nSPS) is 19.5. The summed E-state index contributed by atoms with van der Waals surface area (Å²) >= 11 is 0. The first-order valence-electron chi connectivity index (χ1n) is 7.17. The Morgan fingerprint density at radius 2 is 1.84 bits per heavy atom. The highest BCUT2D eigenvalue weighted by Gasteiger charge is 2.20. The van der Waals surface area contributed by atoms with E-state index < -0.39 is 10.0 Å². The molecule has 0 unspecified atom stereocenters. The average molecular weight is 291 g/mol. The van der Waals surface area contributed by atoms with Gasteiger partial charge in [-0.2, -0.15) is 0 Å². The van der Waals surface area contributed by atoms with Gasteiger partial charge in [-0.15, -0.1) is 0 Å². The Hall–Kier alpha value is -0.170. The van der Waals surface area contributed by atoms with Gasteiger partial charge >= 0.3 is 0 Å². The third-order valence-corrected chi connectivity index (χ3v) is 5.39. The van der Waals surface area contributed by atoms with E-state index in [2.05, 4.69) is 24.1 Å². The van der Waals surface area contributed by atoms with Crippen LogP contribution in [0, 0.1) is 5.92 Å². The maximum Gasteiger partial charge on any atom is 0.214 e. The summed E-state index contributed by atoms with van der Waals surface area (Å²) in [5, 5.41) is 3.37. The molecule has 0 amide bonds. The van der Waals surface area contributed by atoms with Crippen molar-refractivity contribution in [3.63, 3.8) is 0 Å². The molecule has 0 bridgehead atoms. The lowest BCUT2D eigenvalue weighted by atomic mass is 10.0. The molecule has 1 aliphatic rings. The van der Waals surface area contributed by atoms with Gasteiger partial charge in [0.25, 0.3) is 0 Å². The number of nitrogens with zero attached hydrogens (tertiary/aromatic N) is 2. The van der Waals surface area contributed by atoms with E-state index in [1.807, 2.05) is 0 Å². The zero-order valence-electron chi connectivity index (χ0n) is 12.7. The van der Waals surface area contributed by atoms with Gasteiger partial charge in [-0.3, -0.25) is 0 Å². The second-order valence-electron chi connectivity index (χ2n) is 6.02. The quantitative estimate of drug-likeness (QED) is 0.746. The lowest BCUT2D eigenvalue weighted by Gasteiger charge is -2.33. The van der Waals surface area contributed by atoms with Gasteiger partial charge in [-0.1, -0.05) is 13.8 Å². The van der Waals surface area contributed by atoms with Gasteiger partial charge in [-0.05, 0) is 31.8 Å². The Morgan fingerprint density at radius 3 is 2.32 bits per heavy atom. The molecule has 0 radical (unpaired) electrons. The largest absolute Gasteiger partial charge is 0.313 e. The van der Waals surface area contributed by atoms with Gasteiger partial charge in [0.1, 0.15) is 0 Å². The third-order valence-electron chi connectivity index (χ3n) is 3.56. The number of hydrogen-bond acceptors (Lipinski definition) is 4. The molecule has 0 atom stereocenters. The summed E-state index contributed by atoms with van der Waals surface area (Å²) in [6.45, 7) is 8.45. The fourth-order valence-corrected chi connectivity index (χ4v) is 3.15. The van der Waals surface area contributed by atoms with Gasteiger partial charge in [0.05, 0.1) is 5.75 Å². The Balaban J connectivity index is 2.20. The van der Waals surface area contributed by atoms with Crippen LogP contribution in [0.1, 0.15) is 26.7 Å². The number of piperidine rings is 1. The van der Waals surface area contributed by atoms with Crippen LogP contribution in [0.15, 0.2) is 0 Å². The monoisotopic (exact) mass is 291 g/mol. The maximum absolute atomic E-state index is 11.6. The van der Waals surface area contributed by atoms with Gasteiger partial charge in [0.2, 0.25) is 10.0 Å². The maximum atomic E-state index is 11.6. The molecule has 5 nitrogen and oxygen atoms in total. The van der Waals surface area contributed by atoms with E-state index in [-0.39, 0.29) is 5.75 Å². The summed E-state index contributed by atoms with van der Waals surface area (Å²) in [6, 6.07) is 0.473. The van der Waals surface area contributed by atoms with Crippen LogP contribution in [0.5, 0.6) is 0 Å². The van der Waals surface area contributed by atoms with E-state index in [1.165, 1.54) is 10.8 Å². The van der Waals surface area contributed by atoms with Crippen molar-refractivity contribution >= 4 is 10.0 Å². The topological polar surface area (TPSA) is 52.7 Å². The average Bonchev–Trinajstić information content (AvgIpc) is 2.30. The van der Waals surface area contributed by atoms with Crippen molar-refractivity contribution in [2.75, 3.05) is 46.0 Å². The van der Waals surface area contributed by atoms with E-state index in [0.29, 0.717) is 12.6 Å². The Kier molecular flexibility index (Phi) is 6.73. The van der Waals surface area contributed by atoms with E-state index in [9.17, 15) is 8.42 Å². The van der Waals surface area contributed by atoms with Crippen molar-refractivity contribution in [2.45, 2.75) is 32.7 Å². The molecular formula is C13H29N3O2S. The van der Waals surface area contributed by atoms with Crippen LogP contribution in [0.2, 0.25) is 0 Å². The van der Waals surface area contributed by atoms with Crippen molar-refractivity contribution in [1.29, 1.82) is 0 Å². The second kappa shape index (κ2) is 7.57. The summed E-state index contributed by atoms with van der Waals surface area (Å²) in [7, 11) is 0.101. The van der Waals surface area contributed by atoms with E-state index in [0.717, 1.165) is 31.8 Å². The summed E-state index contributed by atoms with van der Waals surface area (Å²) in [5.41, 5.74) is 0. The molecule has 1 rings (SSSR count). The molecule has 6 heteroatoms. The van der Waals surface area contributed by atoms with E-state index in [4.69, 9.17) is 0 Å². The fourth-order valence-electron chi connectivity index (χ4n) is 2.41. The molecule has 19 heavy (non-hydrogen) atoms. The lowest BCUT2D eigenvalue weighted by Crippen LogP contribution is -2.45. The first-order valence-corrected chi connectivity index (χ1v) is 8.78. The highest BCUT2D eigenvalue weighted by atomic mass is 32.2. The summed E-state index contributed by atoms with van der Waals surface area (Å²) in [6.07, 6.45) is 2.24. The van der Waals surface area contributed by atoms with Gasteiger partial charge in [-0.25, -0.2) is 12.7 Å². The molecule has 0 aromatic carbocycles. The second-order valence-corrected chi connectivity index (χ2v) is 8.32. The highest BCUT2D eigenvalue weighted by Crippen LogP contribution is 2.11. The van der Waals surface area contributed by atoms with Crippen molar-refractivity contribution in [3.8, 4) is 0 Å². The molecule has 0 spiro atoms. The predicted molar refractivity (Wildman–Crippen MR) is 79.8 cm³/mol. The SMILES string of the molecule is CC(C)CN1CCC(NCCS(=O)(=O)N(C)C)CC1. The first-order chi connectivity index (χ1) is 8.81. The van der Waals surface area contributed by atoms with E-state index in [1.54, 1.807) is 14.1 Å². The van der Waals surface area contributed by atoms with Crippen LogP contribution >= 0.6 is 0 Å². The van der Waals surface area contributed by atoms with Crippen molar-refractivity contribution in [1.82, 2.24) is 14.5 Å². The number of likely N-dealkylation sites (tertiary alicyclic amines) is 1. The van der Waals surface area contributed by atoms with Crippen molar-refractivity contribution in [3.05, 3.63) is 0 Å². The van der Waals surface area contributed by atoms with Crippen LogP contribution in [0.3, 0.4) is 0 Å². The molecule has 1 N–H and O–H groups in total. The van der Waals surface area contributed by atoms with Crippen LogP contribution in [0.25, 0.3) is 0 Å². The zero-order chi connectivity index (χ0) is 14.5. The Labute approximate surface area is 118 Å². The van der Waals surface area contributed by atoms with Crippen molar-refractivity contribution < 1.29 is 8.42 Å². The minimum Gasteiger partial charge on any atom is -0.313 e. The van der Waals surface area contributed by atoms with Crippen LogP contribution < -0.4 is 5.32 Å². The number of sulfonamides is 1. The smallest absolute Gasteiger partial charge is 0.214 e. The Bertz CT molecular complexity index is 347. The fraction of sp³-hybridized carbons (Fsp3) is 1.00. The van der Waals surface area contributed by atoms with Crippen LogP contribution in [-0.2, 0) is 10.0 Å². The predicted octanol–water partition coefficient (Wildman–Crippen LogP) is 0.588. The molecule has 1 fully saturated rings. The lowest BCUT2D eigenvalue weighted by molar-refractivity contribution is 0.181. The van der Waals surface area contributed by atoms with E-state index >= 15 is 0 Å². The van der Waals surface area contributed by atoms with Gasteiger partial charge in [0.15, 0.2) is 0 Å². The summed E-state index contributed by atoms with van der Waals surface area (Å²) in [4.78, 5) is 2.50. The third kappa shape index (κ3) is 6.21. The molecule has 1 heterocycles. The Morgan fingerprint density at radius 1 is 1.26 bits per heavy atom. The minimum absolute atomic E-state index is 0.187. The summed E-state index contributed by atoms with van der Waals surface area (Å²) < 4.78 is 24.5. The number of hydrogen-bond donors (Lipinski definition) is 1. The molecular weight excluding hydrogens is 262 g/mol. The molecule has 0 aliphatic carbocycles. The van der Waals surface area contributed by atoms with Crippen LogP contribution in [-0.4, -0.2) is 69.7 Å². The van der Waals surface area contributed by atoms with Gasteiger partial charge < -0.3 is 10.2 Å². The number of nitrogens with one attached hydrogen (secondary N) is 1. The highest BCUT2D eigenvalue weighted by molar-refractivity contribution is 7.89. The molecule has 1 saturated heterocycles. The first kappa shape index (κ1) is 16.9. The van der Waals surface area contributed by atoms with Crippen LogP contribution in [0.4, 0.5) is 0 Å². The van der Waals surface area contributed by atoms with Gasteiger partial charge in [0, 0.05) is 33.2 Å². The minimum atomic E-state index is -3.07. The standard InChI is InChI=1S/C13H29N3O2S/c1-12(2)11-16-8-5-13(6-9-16)14-7-10-19(17,18)15(3)4/h12-14H,5-11H2,1-4H3. The molecule has 0 aromatic rings. The number of rotatable bonds is 7. The molecule has 0 saturated carbocycles. The zero-order valence-corrected chi connectivity index (χ0v) is 13.5. The molecule has 1 aliphatic heterocycles. The summed E-state index contributed by atoms with van der Waals surface area (Å²) in [5.74, 6) is 0.904. The molecule has 114 valence electrons. The molecule has 0 aromatic heterocycles.